The number of halogens is 6. The molecule has 20 nitrogen and oxygen atoms in total. The van der Waals surface area contributed by atoms with E-state index in [1.165, 1.54) is 15.8 Å². The van der Waals surface area contributed by atoms with Crippen molar-refractivity contribution in [3.05, 3.63) is 178 Å². The molecule has 0 bridgehead atoms. The molecule has 3 aromatic heterocycles. The highest BCUT2D eigenvalue weighted by molar-refractivity contribution is 6.43. The number of nitrogens with zero attached hydrogens (tertiary/aromatic N) is 8. The van der Waals surface area contributed by atoms with E-state index in [0.717, 1.165) is 105 Å². The van der Waals surface area contributed by atoms with E-state index in [9.17, 15) is 19.5 Å². The number of H-pyrrole nitrogens is 1. The van der Waals surface area contributed by atoms with E-state index >= 15 is 0 Å². The zero-order valence-electron chi connectivity index (χ0n) is 48.8. The molecule has 89 heavy (non-hydrogen) atoms. The lowest BCUT2D eigenvalue weighted by atomic mass is 9.83. The van der Waals surface area contributed by atoms with Crippen LogP contribution in [0.4, 0.5) is 0 Å². The molecule has 0 saturated heterocycles. The van der Waals surface area contributed by atoms with Gasteiger partial charge in [-0.05, 0) is 190 Å². The van der Waals surface area contributed by atoms with Crippen molar-refractivity contribution in [1.82, 2.24) is 45.4 Å². The van der Waals surface area contributed by atoms with Gasteiger partial charge in [0.15, 0.2) is 0 Å². The molecular formula is C63H65Cl6N9O11. The Hall–Kier alpha value is -7.33. The molecule has 26 heteroatoms. The fourth-order valence-electron chi connectivity index (χ4n) is 11.1. The first kappa shape index (κ1) is 66.1. The van der Waals surface area contributed by atoms with Gasteiger partial charge < -0.3 is 38.6 Å². The summed E-state index contributed by atoms with van der Waals surface area (Å²) in [5.74, 6) is 0.420. The molecule has 3 saturated carbocycles. The number of aromatic carboxylic acids is 2. The Morgan fingerprint density at radius 2 is 0.876 bits per heavy atom. The second kappa shape index (κ2) is 31.4. The maximum Gasteiger partial charge on any atom is 0.364 e. The highest BCUT2D eigenvalue weighted by atomic mass is 35.5. The molecule has 3 aliphatic rings. The molecule has 470 valence electrons. The molecular weight excluding hydrogens is 1270 g/mol. The van der Waals surface area contributed by atoms with Crippen molar-refractivity contribution in [2.75, 3.05) is 20.8 Å². The molecule has 5 aromatic carbocycles. The standard InChI is InChI=1S/C25H27Cl2N3O4.C23H23Cl2N3O4.C15H15Cl2N3O3/c1-3-33-25(31)23-24(30(29-28-23)15-16-4-9-19(32-2)10-5-16)34-20-11-6-17(7-12-20)18-8-13-21(26)22(27)14-18;1-31-17-7-2-14(3-8-17)13-28-22(21(23(29)30)26-27-28)32-18-9-4-15(5-10-18)16-6-11-19(24)20(25)12-16;16-11-6-3-9(7-12(11)17)8-1-4-10(5-2-8)23-14-13(15(21)22)18-20-19-14/h4-5,8-10,13-14,17,20H,3,6-7,11-12,15H2,1-2H3;2-3,6-8,11-12,15,18H,4-5,9-10,13H2,1H3,(H,29,30);3,6-8,10H,1-2,4-5H2,(H,21,22)(H,18,19,20). The largest absolute Gasteiger partial charge is 0.497 e. The third-order valence-corrected chi connectivity index (χ3v) is 18.1. The van der Waals surface area contributed by atoms with Gasteiger partial charge in [-0.2, -0.15) is 0 Å². The molecule has 8 aromatic rings. The number of carboxylic acid groups (broad SMARTS) is 2. The minimum absolute atomic E-state index is 0.0514. The Bertz CT molecular complexity index is 3680. The second-order valence-corrected chi connectivity index (χ2v) is 24.1. The number of carboxylic acids is 2. The van der Waals surface area contributed by atoms with Crippen LogP contribution in [0.5, 0.6) is 29.1 Å². The first-order chi connectivity index (χ1) is 43.0. The van der Waals surface area contributed by atoms with Crippen molar-refractivity contribution in [1.29, 1.82) is 0 Å². The number of carbonyl (C=O) groups excluding carboxylic acids is 1. The van der Waals surface area contributed by atoms with Crippen LogP contribution < -0.4 is 23.7 Å². The highest BCUT2D eigenvalue weighted by Crippen LogP contribution is 2.41. The van der Waals surface area contributed by atoms with Gasteiger partial charge in [0.1, 0.15) is 29.8 Å². The van der Waals surface area contributed by atoms with Crippen LogP contribution in [0.2, 0.25) is 30.1 Å². The molecule has 0 aliphatic heterocycles. The Morgan fingerprint density at radius 1 is 0.494 bits per heavy atom. The summed E-state index contributed by atoms with van der Waals surface area (Å²) in [5, 5.41) is 47.5. The van der Waals surface area contributed by atoms with Crippen molar-refractivity contribution in [3.8, 4) is 29.1 Å². The molecule has 3 fully saturated rings. The summed E-state index contributed by atoms with van der Waals surface area (Å²) in [5.41, 5.74) is 5.24. The van der Waals surface area contributed by atoms with Gasteiger partial charge in [-0.3, -0.25) is 0 Å². The summed E-state index contributed by atoms with van der Waals surface area (Å²) in [6, 6.07) is 32.4. The van der Waals surface area contributed by atoms with Gasteiger partial charge >= 0.3 is 17.9 Å². The predicted molar refractivity (Wildman–Crippen MR) is 337 cm³/mol. The van der Waals surface area contributed by atoms with E-state index in [-0.39, 0.29) is 53.8 Å². The van der Waals surface area contributed by atoms with Crippen molar-refractivity contribution >= 4 is 87.5 Å². The maximum absolute atomic E-state index is 12.5. The van der Waals surface area contributed by atoms with E-state index in [1.807, 2.05) is 103 Å². The number of rotatable bonds is 19. The first-order valence-electron chi connectivity index (χ1n) is 29.0. The van der Waals surface area contributed by atoms with Crippen molar-refractivity contribution in [2.45, 2.75) is 133 Å². The topological polar surface area (TPSA) is 250 Å². The summed E-state index contributed by atoms with van der Waals surface area (Å²) in [6.45, 7) is 2.76. The molecule has 3 heterocycles. The average Bonchev–Trinajstić information content (AvgIpc) is 2.19. The molecule has 11 rings (SSSR count). The third kappa shape index (κ3) is 17.5. The van der Waals surface area contributed by atoms with Crippen molar-refractivity contribution in [2.24, 2.45) is 0 Å². The lowest BCUT2D eigenvalue weighted by Gasteiger charge is -2.29. The molecule has 0 spiro atoms. The summed E-state index contributed by atoms with van der Waals surface area (Å²) in [7, 11) is 3.23. The SMILES string of the molecule is CCOC(=O)c1nnn(Cc2ccc(OC)cc2)c1OC1CCC(c2ccc(Cl)c(Cl)c2)CC1.COc1ccc(Cn2nnc(C(=O)O)c2OC2CCC(c3ccc(Cl)c(Cl)c3)CC2)cc1.O=C(O)c1[nH]nnc1OC1CCC(c2ccc(Cl)c(Cl)c2)CC1. The summed E-state index contributed by atoms with van der Waals surface area (Å²) in [6.07, 6.45) is 10.2. The first-order valence-corrected chi connectivity index (χ1v) is 31.3. The van der Waals surface area contributed by atoms with Crippen LogP contribution in [0, 0.1) is 0 Å². The van der Waals surface area contributed by atoms with Crippen molar-refractivity contribution < 1.29 is 53.0 Å². The third-order valence-electron chi connectivity index (χ3n) is 15.9. The number of carbonyl (C=O) groups is 3. The number of nitrogens with one attached hydrogen (secondary N) is 1. The Morgan fingerprint density at radius 3 is 1.24 bits per heavy atom. The smallest absolute Gasteiger partial charge is 0.364 e. The van der Waals surface area contributed by atoms with Gasteiger partial charge in [0.2, 0.25) is 28.8 Å². The van der Waals surface area contributed by atoms with Gasteiger partial charge in [0, 0.05) is 0 Å². The highest BCUT2D eigenvalue weighted by Gasteiger charge is 2.32. The van der Waals surface area contributed by atoms with E-state index in [4.69, 9.17) is 103 Å². The fraction of sp³-hybridized carbons (Fsp3) is 0.381. The summed E-state index contributed by atoms with van der Waals surface area (Å²) in [4.78, 5) is 35.2. The number of ether oxygens (including phenoxy) is 6. The summed E-state index contributed by atoms with van der Waals surface area (Å²) < 4.78 is 36.8. The van der Waals surface area contributed by atoms with E-state index in [0.29, 0.717) is 66.9 Å². The van der Waals surface area contributed by atoms with Crippen LogP contribution in [0.3, 0.4) is 0 Å². The van der Waals surface area contributed by atoms with Gasteiger partial charge in [-0.1, -0.05) is 133 Å². The monoisotopic (exact) mass is 1330 g/mol. The number of hydrogen-bond acceptors (Lipinski definition) is 15. The number of aromatic nitrogens is 9. The van der Waals surface area contributed by atoms with E-state index in [2.05, 4.69) is 36.0 Å². The molecule has 3 aliphatic carbocycles. The average molecular weight is 1340 g/mol. The summed E-state index contributed by atoms with van der Waals surface area (Å²) >= 11 is 36.5. The molecule has 0 unspecified atom stereocenters. The molecule has 0 atom stereocenters. The van der Waals surface area contributed by atoms with E-state index < -0.39 is 17.9 Å². The zero-order chi connectivity index (χ0) is 63.1. The minimum Gasteiger partial charge on any atom is -0.497 e. The lowest BCUT2D eigenvalue weighted by molar-refractivity contribution is 0.0505. The zero-order valence-corrected chi connectivity index (χ0v) is 53.3. The van der Waals surface area contributed by atoms with Gasteiger partial charge in [0.25, 0.3) is 5.88 Å². The van der Waals surface area contributed by atoms with Crippen LogP contribution in [0.15, 0.2) is 103 Å². The number of aromatic amines is 1. The second-order valence-electron chi connectivity index (χ2n) is 21.6. The Kier molecular flexibility index (Phi) is 23.3. The maximum atomic E-state index is 12.5. The fourth-order valence-corrected chi connectivity index (χ4v) is 12.0. The van der Waals surface area contributed by atoms with Crippen LogP contribution in [0.25, 0.3) is 0 Å². The quantitative estimate of drug-likeness (QED) is 0.0636. The van der Waals surface area contributed by atoms with Gasteiger partial charge in [-0.15, -0.1) is 10.2 Å². The van der Waals surface area contributed by atoms with Crippen LogP contribution in [0.1, 0.15) is 161 Å². The Labute approximate surface area is 543 Å². The minimum atomic E-state index is -1.16. The van der Waals surface area contributed by atoms with Crippen molar-refractivity contribution in [3.63, 3.8) is 0 Å². The van der Waals surface area contributed by atoms with Crippen LogP contribution in [-0.4, -0.2) is 113 Å². The number of methoxy groups -OCH3 is 2. The molecule has 0 radical (unpaired) electrons. The van der Waals surface area contributed by atoms with E-state index in [1.54, 1.807) is 25.8 Å². The number of esters is 1. The molecule has 3 N–H and O–H groups in total. The lowest BCUT2D eigenvalue weighted by Crippen LogP contribution is -2.25. The Balaban J connectivity index is 0.000000162. The van der Waals surface area contributed by atoms with Crippen LogP contribution >= 0.6 is 69.6 Å². The van der Waals surface area contributed by atoms with Gasteiger partial charge in [0.05, 0.1) is 64.1 Å². The predicted octanol–water partition coefficient (Wildman–Crippen LogP) is 15.3. The molecule has 0 amide bonds. The number of benzene rings is 5. The van der Waals surface area contributed by atoms with Crippen LogP contribution in [-0.2, 0) is 17.8 Å². The number of hydrogen-bond donors (Lipinski definition) is 3. The normalized spacial score (nSPS) is 18.9. The van der Waals surface area contributed by atoms with Gasteiger partial charge in [-0.25, -0.2) is 28.8 Å².